The summed E-state index contributed by atoms with van der Waals surface area (Å²) in [5.74, 6) is 1.18. The first-order valence-electron chi connectivity index (χ1n) is 9.75. The van der Waals surface area contributed by atoms with Crippen LogP contribution >= 0.6 is 15.9 Å². The minimum absolute atomic E-state index is 0.0535. The monoisotopic (exact) mass is 454 g/mol. The molecule has 1 amide bonds. The van der Waals surface area contributed by atoms with E-state index >= 15 is 0 Å². The molecule has 6 nitrogen and oxygen atoms in total. The summed E-state index contributed by atoms with van der Waals surface area (Å²) in [5, 5.41) is 7.12. The number of anilines is 1. The number of amides is 1. The Balaban J connectivity index is 1.36. The number of hydrogen-bond acceptors (Lipinski definition) is 5. The van der Waals surface area contributed by atoms with Gasteiger partial charge in [-0.25, -0.2) is 0 Å². The van der Waals surface area contributed by atoms with Crippen molar-refractivity contribution in [3.05, 3.63) is 64.5 Å². The third-order valence-electron chi connectivity index (χ3n) is 5.11. The lowest BCUT2D eigenvalue weighted by Crippen LogP contribution is -2.40. The van der Waals surface area contributed by atoms with E-state index in [2.05, 4.69) is 36.3 Å². The van der Waals surface area contributed by atoms with Crippen LogP contribution in [0, 0.1) is 12.8 Å². The zero-order chi connectivity index (χ0) is 20.2. The maximum Gasteiger partial charge on any atom is 0.241 e. The molecule has 0 spiro atoms. The highest BCUT2D eigenvalue weighted by atomic mass is 79.9. The Morgan fingerprint density at radius 2 is 2.10 bits per heavy atom. The number of aryl methyl sites for hydroxylation is 1. The van der Waals surface area contributed by atoms with Crippen molar-refractivity contribution < 1.29 is 9.32 Å². The Labute approximate surface area is 178 Å². The molecule has 2 heterocycles. The number of rotatable bonds is 5. The van der Waals surface area contributed by atoms with Gasteiger partial charge in [-0.3, -0.25) is 9.69 Å². The number of carbonyl (C=O) groups is 1. The molecule has 0 aliphatic carbocycles. The lowest BCUT2D eigenvalue weighted by atomic mass is 9.97. The maximum absolute atomic E-state index is 12.7. The van der Waals surface area contributed by atoms with E-state index in [1.54, 1.807) is 0 Å². The van der Waals surface area contributed by atoms with Crippen molar-refractivity contribution in [2.45, 2.75) is 26.3 Å². The molecule has 0 bridgehead atoms. The normalized spacial score (nSPS) is 17.2. The highest BCUT2D eigenvalue weighted by molar-refractivity contribution is 9.10. The van der Waals surface area contributed by atoms with E-state index < -0.39 is 0 Å². The third kappa shape index (κ3) is 5.10. The van der Waals surface area contributed by atoms with E-state index in [1.165, 1.54) is 5.56 Å². The van der Waals surface area contributed by atoms with Gasteiger partial charge in [0.1, 0.15) is 0 Å². The van der Waals surface area contributed by atoms with Crippen molar-refractivity contribution in [3.63, 3.8) is 0 Å². The fraction of sp³-hybridized carbons (Fsp3) is 0.318. The first-order chi connectivity index (χ1) is 14.1. The topological polar surface area (TPSA) is 71.3 Å². The minimum Gasteiger partial charge on any atom is -0.338 e. The molecule has 1 aliphatic heterocycles. The van der Waals surface area contributed by atoms with Crippen LogP contribution in [0.2, 0.25) is 0 Å². The molecule has 7 heteroatoms. The van der Waals surface area contributed by atoms with Crippen LogP contribution in [-0.4, -0.2) is 34.0 Å². The Morgan fingerprint density at radius 1 is 1.28 bits per heavy atom. The van der Waals surface area contributed by atoms with Gasteiger partial charge in [0.15, 0.2) is 0 Å². The van der Waals surface area contributed by atoms with Crippen LogP contribution in [0.4, 0.5) is 5.69 Å². The van der Waals surface area contributed by atoms with Crippen molar-refractivity contribution >= 4 is 27.5 Å². The van der Waals surface area contributed by atoms with Gasteiger partial charge in [0.2, 0.25) is 17.6 Å². The highest BCUT2D eigenvalue weighted by Gasteiger charge is 2.27. The van der Waals surface area contributed by atoms with Crippen molar-refractivity contribution in [2.75, 3.05) is 18.4 Å². The predicted molar refractivity (Wildman–Crippen MR) is 115 cm³/mol. The number of aromatic nitrogens is 2. The summed E-state index contributed by atoms with van der Waals surface area (Å²) in [6, 6.07) is 15.7. The summed E-state index contributed by atoms with van der Waals surface area (Å²) in [6.45, 7) is 4.20. The van der Waals surface area contributed by atoms with Crippen molar-refractivity contribution in [1.82, 2.24) is 15.0 Å². The Morgan fingerprint density at radius 3 is 2.90 bits per heavy atom. The lowest BCUT2D eigenvalue weighted by molar-refractivity contribution is -0.121. The number of carbonyl (C=O) groups excluding carboxylic acids is 1. The second-order valence-corrected chi connectivity index (χ2v) is 8.37. The summed E-state index contributed by atoms with van der Waals surface area (Å²) in [5.41, 5.74) is 2.94. The van der Waals surface area contributed by atoms with E-state index in [1.807, 2.05) is 55.5 Å². The number of likely N-dealkylation sites (tertiary alicyclic amines) is 1. The molecule has 29 heavy (non-hydrogen) atoms. The largest absolute Gasteiger partial charge is 0.338 e. The smallest absolute Gasteiger partial charge is 0.241 e. The van der Waals surface area contributed by atoms with Crippen LogP contribution in [0.5, 0.6) is 0 Å². The molecule has 1 N–H and O–H groups in total. The summed E-state index contributed by atoms with van der Waals surface area (Å²) < 4.78 is 6.39. The van der Waals surface area contributed by atoms with Gasteiger partial charge in [-0.15, -0.1) is 0 Å². The van der Waals surface area contributed by atoms with Crippen LogP contribution in [0.1, 0.15) is 24.3 Å². The number of benzene rings is 2. The van der Waals surface area contributed by atoms with Gasteiger partial charge in [-0.05, 0) is 44.5 Å². The number of piperidine rings is 1. The number of halogens is 1. The number of nitrogens with zero attached hydrogens (tertiary/aromatic N) is 3. The molecule has 3 aromatic rings. The summed E-state index contributed by atoms with van der Waals surface area (Å²) in [7, 11) is 0. The molecular formula is C22H23BrN4O2. The quantitative estimate of drug-likeness (QED) is 0.606. The van der Waals surface area contributed by atoms with Crippen LogP contribution < -0.4 is 5.32 Å². The first kappa shape index (κ1) is 19.8. The summed E-state index contributed by atoms with van der Waals surface area (Å²) in [6.07, 6.45) is 1.85. The minimum atomic E-state index is -0.0535. The average Bonchev–Trinajstić information content (AvgIpc) is 3.17. The molecule has 1 aliphatic rings. The van der Waals surface area contributed by atoms with Gasteiger partial charge in [0.05, 0.1) is 12.5 Å². The fourth-order valence-electron chi connectivity index (χ4n) is 3.55. The van der Waals surface area contributed by atoms with E-state index in [-0.39, 0.29) is 11.8 Å². The highest BCUT2D eigenvalue weighted by Crippen LogP contribution is 2.23. The second kappa shape index (κ2) is 8.88. The molecule has 1 unspecified atom stereocenters. The standard InChI is InChI=1S/C22H23BrN4O2/c1-15-7-9-16(10-8-15)21-25-20(29-26-21)14-27-11-3-4-17(13-27)22(28)24-19-6-2-5-18(23)12-19/h2,5-10,12,17H,3-4,11,13-14H2,1H3,(H,24,28). The van der Waals surface area contributed by atoms with E-state index in [0.717, 1.165) is 35.1 Å². The first-order valence-corrected chi connectivity index (χ1v) is 10.5. The van der Waals surface area contributed by atoms with Gasteiger partial charge >= 0.3 is 0 Å². The average molecular weight is 455 g/mol. The SMILES string of the molecule is Cc1ccc(-c2noc(CN3CCCC(C(=O)Nc4cccc(Br)c4)C3)n2)cc1. The molecule has 150 valence electrons. The van der Waals surface area contributed by atoms with E-state index in [4.69, 9.17) is 4.52 Å². The number of nitrogens with one attached hydrogen (secondary N) is 1. The molecule has 1 aromatic heterocycles. The van der Waals surface area contributed by atoms with Crippen LogP contribution in [0.3, 0.4) is 0 Å². The van der Waals surface area contributed by atoms with Crippen LogP contribution in [0.15, 0.2) is 57.5 Å². The Bertz CT molecular complexity index is 986. The molecule has 1 atom stereocenters. The van der Waals surface area contributed by atoms with Gasteiger partial charge in [0, 0.05) is 22.3 Å². The Hall–Kier alpha value is -2.51. The third-order valence-corrected chi connectivity index (χ3v) is 5.60. The molecule has 4 rings (SSSR count). The maximum atomic E-state index is 12.7. The molecule has 1 saturated heterocycles. The molecule has 0 radical (unpaired) electrons. The Kier molecular flexibility index (Phi) is 6.06. The summed E-state index contributed by atoms with van der Waals surface area (Å²) in [4.78, 5) is 19.4. The van der Waals surface area contributed by atoms with Gasteiger partial charge in [0.25, 0.3) is 0 Å². The second-order valence-electron chi connectivity index (χ2n) is 7.45. The van der Waals surface area contributed by atoms with Crippen molar-refractivity contribution in [3.8, 4) is 11.4 Å². The molecular weight excluding hydrogens is 432 g/mol. The fourth-order valence-corrected chi connectivity index (χ4v) is 3.95. The van der Waals surface area contributed by atoms with Crippen LogP contribution in [0.25, 0.3) is 11.4 Å². The van der Waals surface area contributed by atoms with E-state index in [9.17, 15) is 4.79 Å². The molecule has 1 fully saturated rings. The zero-order valence-electron chi connectivity index (χ0n) is 16.3. The van der Waals surface area contributed by atoms with Gasteiger partial charge in [-0.1, -0.05) is 57.0 Å². The van der Waals surface area contributed by atoms with Gasteiger partial charge in [-0.2, -0.15) is 4.98 Å². The zero-order valence-corrected chi connectivity index (χ0v) is 17.9. The number of hydrogen-bond donors (Lipinski definition) is 1. The molecule has 2 aromatic carbocycles. The molecule has 0 saturated carbocycles. The van der Waals surface area contributed by atoms with Gasteiger partial charge < -0.3 is 9.84 Å². The van der Waals surface area contributed by atoms with Crippen LogP contribution in [-0.2, 0) is 11.3 Å². The predicted octanol–water partition coefficient (Wildman–Crippen LogP) is 4.66. The lowest BCUT2D eigenvalue weighted by Gasteiger charge is -2.30. The summed E-state index contributed by atoms with van der Waals surface area (Å²) >= 11 is 3.43. The van der Waals surface area contributed by atoms with Crippen molar-refractivity contribution in [1.29, 1.82) is 0 Å². The van der Waals surface area contributed by atoms with E-state index in [0.29, 0.717) is 24.8 Å². The van der Waals surface area contributed by atoms with Crippen molar-refractivity contribution in [2.24, 2.45) is 5.92 Å².